The summed E-state index contributed by atoms with van der Waals surface area (Å²) >= 11 is 0. The summed E-state index contributed by atoms with van der Waals surface area (Å²) in [6.45, 7) is 0. The van der Waals surface area contributed by atoms with Gasteiger partial charge in [-0.15, -0.1) is 0 Å². The maximum absolute atomic E-state index is 15.5. The maximum Gasteiger partial charge on any atom is 0.344 e. The van der Waals surface area contributed by atoms with E-state index in [2.05, 4.69) is 0 Å². The van der Waals surface area contributed by atoms with Crippen LogP contribution in [0.2, 0.25) is 0 Å². The van der Waals surface area contributed by atoms with E-state index in [0.29, 0.717) is 22.3 Å². The van der Waals surface area contributed by atoms with Crippen molar-refractivity contribution in [2.24, 2.45) is 0 Å². The van der Waals surface area contributed by atoms with Gasteiger partial charge in [0.05, 0.1) is 44.5 Å². The first-order valence-electron chi connectivity index (χ1n) is 39.4. The summed E-state index contributed by atoms with van der Waals surface area (Å²) in [4.78, 5) is 145. The quantitative estimate of drug-likeness (QED) is 0.0642. The Kier molecular flexibility index (Phi) is 23.4. The number of hydrogen-bond donors (Lipinski definition) is 0. The lowest BCUT2D eigenvalue weighted by atomic mass is 9.77. The smallest absolute Gasteiger partial charge is 0.344 e. The Morgan fingerprint density at radius 3 is 0.371 bits per heavy atom. The average molecular weight is 1630 g/mol. The van der Waals surface area contributed by atoms with Gasteiger partial charge < -0.3 is 37.9 Å². The van der Waals surface area contributed by atoms with Crippen LogP contribution < -0.4 is 37.9 Å². The molecule has 4 heterocycles. The number of pyridine rings is 4. The van der Waals surface area contributed by atoms with Gasteiger partial charge in [-0.3, -0.25) is 0 Å². The topological polar surface area (TPSA) is 262 Å². The molecule has 0 atom stereocenters. The van der Waals surface area contributed by atoms with E-state index in [-0.39, 0.29) is 89.0 Å². The van der Waals surface area contributed by atoms with E-state index in [4.69, 9.17) is 57.8 Å². The van der Waals surface area contributed by atoms with E-state index in [1.54, 1.807) is 291 Å². The van der Waals surface area contributed by atoms with Gasteiger partial charge in [-0.05, 0) is 144 Å². The van der Waals surface area contributed by atoms with Crippen LogP contribution in [0.5, 0.6) is 47.0 Å². The maximum atomic E-state index is 15.5. The Bertz CT molecular complexity index is 5520. The van der Waals surface area contributed by atoms with E-state index < -0.39 is 118 Å². The van der Waals surface area contributed by atoms with Crippen LogP contribution in [-0.4, -0.2) is 67.7 Å². The minimum Gasteiger partial charge on any atom is -0.403 e. The van der Waals surface area contributed by atoms with Gasteiger partial charge in [0.25, 0.3) is 0 Å². The first kappa shape index (κ1) is 79.5. The predicted molar refractivity (Wildman–Crippen MR) is 458 cm³/mol. The van der Waals surface area contributed by atoms with Crippen LogP contribution in [-0.2, 0) is 0 Å². The highest BCUT2D eigenvalue weighted by Gasteiger charge is 2.42. The molecule has 8 bridgehead atoms. The number of nitrogens with zero attached hydrogens (tertiary/aromatic N) is 4. The largest absolute Gasteiger partial charge is 0.403 e. The Balaban J connectivity index is 1.10. The van der Waals surface area contributed by atoms with E-state index in [0.717, 1.165) is 0 Å². The van der Waals surface area contributed by atoms with Gasteiger partial charge in [-0.25, -0.2) is 38.4 Å². The van der Waals surface area contributed by atoms with Crippen molar-refractivity contribution in [3.05, 3.63) is 500 Å². The number of aromatic nitrogens is 4. The van der Waals surface area contributed by atoms with Crippen molar-refractivity contribution >= 4 is 47.8 Å². The van der Waals surface area contributed by atoms with Crippen LogP contribution in [0.25, 0.3) is 0 Å². The molecular weight excluding hydrogens is 1560 g/mol. The van der Waals surface area contributed by atoms with Crippen molar-refractivity contribution < 1.29 is 76.3 Å². The number of fused-ring (bicyclic) bond motifs is 8. The lowest BCUT2D eigenvalue weighted by Crippen LogP contribution is -2.23. The number of ether oxygens (including phenoxy) is 8. The van der Waals surface area contributed by atoms with Gasteiger partial charge in [-0.1, -0.05) is 267 Å². The van der Waals surface area contributed by atoms with Crippen LogP contribution >= 0.6 is 0 Å². The molecule has 0 spiro atoms. The third-order valence-corrected chi connectivity index (χ3v) is 20.6. The van der Waals surface area contributed by atoms with E-state index >= 15 is 38.4 Å². The molecule has 1 aliphatic carbocycles. The zero-order valence-corrected chi connectivity index (χ0v) is 65.6. The van der Waals surface area contributed by atoms with Crippen LogP contribution in [0.15, 0.2) is 388 Å². The summed E-state index contributed by atoms with van der Waals surface area (Å²) in [5.41, 5.74) is 1.54. The first-order valence-corrected chi connectivity index (χ1v) is 39.4. The van der Waals surface area contributed by atoms with Crippen molar-refractivity contribution in [1.29, 1.82) is 0 Å². The summed E-state index contributed by atoms with van der Waals surface area (Å²) in [6.07, 6.45) is 0. The molecule has 0 aliphatic heterocycles. The summed E-state index contributed by atoms with van der Waals surface area (Å²) in [5.74, 6) is -17.6. The van der Waals surface area contributed by atoms with Gasteiger partial charge in [0.2, 0.25) is 47.0 Å². The lowest BCUT2D eigenvalue weighted by Gasteiger charge is -2.30. The molecule has 17 rings (SSSR count). The van der Waals surface area contributed by atoms with Crippen LogP contribution in [0.4, 0.5) is 0 Å². The summed E-state index contributed by atoms with van der Waals surface area (Å²) in [5, 5.41) is 0. The number of esters is 8. The fraction of sp³-hybridized carbons (Fsp3) is 0.0385. The van der Waals surface area contributed by atoms with Crippen LogP contribution in [0, 0.1) is 0 Å². The molecule has 0 N–H and O–H groups in total. The third-order valence-electron chi connectivity index (χ3n) is 20.6. The molecule has 600 valence electrons. The molecule has 0 radical (unpaired) electrons. The molecule has 20 heteroatoms. The monoisotopic (exact) mass is 1630 g/mol. The number of benzene rings is 12. The minimum absolute atomic E-state index is 0.0364. The van der Waals surface area contributed by atoms with Gasteiger partial charge in [-0.2, -0.15) is 19.9 Å². The minimum atomic E-state index is -1.51. The molecule has 12 aromatic carbocycles. The lowest BCUT2D eigenvalue weighted by molar-refractivity contribution is 0.0695. The van der Waals surface area contributed by atoms with E-state index in [1.165, 1.54) is 97.1 Å². The Morgan fingerprint density at radius 1 is 0.153 bits per heavy atom. The molecule has 0 unspecified atom stereocenters. The highest BCUT2D eigenvalue weighted by molar-refractivity contribution is 5.96. The fourth-order valence-corrected chi connectivity index (χ4v) is 14.8. The molecule has 1 aliphatic rings. The zero-order valence-electron chi connectivity index (χ0n) is 65.6. The second-order valence-electron chi connectivity index (χ2n) is 28.5. The predicted octanol–water partition coefficient (Wildman–Crippen LogP) is 20.1. The van der Waals surface area contributed by atoms with Crippen molar-refractivity contribution in [3.8, 4) is 47.0 Å². The van der Waals surface area contributed by atoms with Gasteiger partial charge in [0, 0.05) is 68.2 Å². The Morgan fingerprint density at radius 2 is 0.258 bits per heavy atom. The number of carbonyl (C=O) groups is 8. The molecule has 0 saturated carbocycles. The summed E-state index contributed by atoms with van der Waals surface area (Å²) in [7, 11) is 0. The molecular formula is C104H68N4O16. The van der Waals surface area contributed by atoms with Crippen molar-refractivity contribution in [2.45, 2.75) is 23.7 Å². The van der Waals surface area contributed by atoms with Crippen LogP contribution in [0.3, 0.4) is 0 Å². The van der Waals surface area contributed by atoms with E-state index in [1.807, 2.05) is 0 Å². The van der Waals surface area contributed by atoms with Gasteiger partial charge >= 0.3 is 47.8 Å². The zero-order chi connectivity index (χ0) is 84.8. The highest BCUT2D eigenvalue weighted by atomic mass is 16.6. The van der Waals surface area contributed by atoms with Crippen LogP contribution in [0.1, 0.15) is 173 Å². The highest BCUT2D eigenvalue weighted by Crippen LogP contribution is 2.54. The number of rotatable bonds is 20. The third kappa shape index (κ3) is 17.5. The second-order valence-corrected chi connectivity index (χ2v) is 28.5. The Hall–Kier alpha value is -17.0. The molecule has 0 fully saturated rings. The first-order chi connectivity index (χ1) is 60.8. The van der Waals surface area contributed by atoms with Crippen molar-refractivity contribution in [1.82, 2.24) is 19.9 Å². The van der Waals surface area contributed by atoms with Crippen molar-refractivity contribution in [2.75, 3.05) is 0 Å². The molecule has 0 saturated heterocycles. The van der Waals surface area contributed by atoms with E-state index in [9.17, 15) is 0 Å². The summed E-state index contributed by atoms with van der Waals surface area (Å²) in [6, 6.07) is 106. The number of hydrogen-bond acceptors (Lipinski definition) is 20. The molecule has 20 nitrogen and oxygen atoms in total. The average Bonchev–Trinajstić information content (AvgIpc) is 0.729. The fourth-order valence-electron chi connectivity index (χ4n) is 14.8. The Labute approximate surface area is 710 Å². The molecule has 16 aromatic rings. The number of carbonyl (C=O) groups excluding carboxylic acids is 8. The SMILES string of the molecule is O=C(Oc1nc(OC(=O)c2ccccc2)c2cc1C(c1ccccc1)c1cc(c(OC(=O)c3ccccc3)nc1OC(=O)c1ccccc1)C(c1ccccc1)c1cc(c(OC(=O)c3ccccc3)nc1OC(=O)c1ccccc1)C(c1ccccc1)c1cc(c(OC(=O)c3ccccc3)nc1OC(=O)c1ccccc1)C2c1ccccc1)c1ccccc1. The standard InChI is InChI=1S/C104H68N4O16/c109-97(69-45-21-5-22-46-69)117-89-77-61-79(91(105-89)119-99(111)71-49-25-7-26-50-71)86(66-39-15-2-16-40-66)81-63-83(95(123-103(115)75-57-33-11-34-58-75)107-93(81)121-101(113)73-53-29-9-30-54-73)88(68-43-19-4-20-44-68)84-64-82(94(122-102(114)74-55-31-10-32-56-74)108-96(84)124-104(116)76-59-35-12-36-60-76)87(67-41-17-3-18-42-67)80-62-78(85(77)65-37-13-1-14-38-65)90(118-98(110)70-47-23-6-24-48-70)106-92(80)120-100(112)72-51-27-8-28-52-72/h1-64,85-88H. The summed E-state index contributed by atoms with van der Waals surface area (Å²) < 4.78 is 54.1. The second kappa shape index (κ2) is 36.5. The van der Waals surface area contributed by atoms with Gasteiger partial charge in [0.1, 0.15) is 0 Å². The molecule has 124 heavy (non-hydrogen) atoms. The van der Waals surface area contributed by atoms with Gasteiger partial charge in [0.15, 0.2) is 0 Å². The molecule has 0 amide bonds. The van der Waals surface area contributed by atoms with Crippen molar-refractivity contribution in [3.63, 3.8) is 0 Å². The normalized spacial score (nSPS) is 13.7. The molecule has 4 aromatic heterocycles.